The number of methoxy groups -OCH3 is 1. The van der Waals surface area contributed by atoms with Crippen LogP contribution in [0.2, 0.25) is 0 Å². The molecule has 1 atom stereocenters. The number of imidazole rings is 1. The molecular formula is C20H22N2O2. The zero-order valence-corrected chi connectivity index (χ0v) is 14.5. The topological polar surface area (TPSA) is 47.1 Å². The third-order valence-electron chi connectivity index (χ3n) is 3.97. The Balaban J connectivity index is 1.88. The van der Waals surface area contributed by atoms with Crippen molar-refractivity contribution in [2.24, 2.45) is 0 Å². The molecule has 0 spiro atoms. The summed E-state index contributed by atoms with van der Waals surface area (Å²) in [5, 5.41) is 0. The third kappa shape index (κ3) is 3.13. The minimum atomic E-state index is -0.210. The number of allylic oxidation sites excluding steroid dienone is 1. The van der Waals surface area contributed by atoms with Crippen LogP contribution in [0.1, 0.15) is 36.9 Å². The molecule has 0 aliphatic carbocycles. The second kappa shape index (κ2) is 6.79. The number of ether oxygens (including phenoxy) is 2. The maximum Gasteiger partial charge on any atom is 0.162 e. The van der Waals surface area contributed by atoms with Crippen LogP contribution in [0.15, 0.2) is 42.5 Å². The number of hydrogen-bond donors (Lipinski definition) is 1. The molecule has 0 saturated heterocycles. The number of rotatable bonds is 5. The van der Waals surface area contributed by atoms with Gasteiger partial charge in [-0.15, -0.1) is 0 Å². The third-order valence-corrected chi connectivity index (χ3v) is 3.97. The van der Waals surface area contributed by atoms with Crippen LogP contribution in [-0.4, -0.2) is 17.1 Å². The van der Waals surface area contributed by atoms with Crippen molar-refractivity contribution in [2.45, 2.75) is 26.9 Å². The average molecular weight is 322 g/mol. The molecule has 1 N–H and O–H groups in total. The van der Waals surface area contributed by atoms with Crippen LogP contribution in [0.25, 0.3) is 17.1 Å². The van der Waals surface area contributed by atoms with Gasteiger partial charge in [-0.3, -0.25) is 0 Å². The van der Waals surface area contributed by atoms with E-state index in [1.165, 1.54) is 0 Å². The second-order valence-electron chi connectivity index (χ2n) is 5.76. The van der Waals surface area contributed by atoms with Crippen LogP contribution in [0.4, 0.5) is 0 Å². The van der Waals surface area contributed by atoms with E-state index >= 15 is 0 Å². The predicted octanol–water partition coefficient (Wildman–Crippen LogP) is 5.05. The molecule has 1 unspecified atom stereocenters. The smallest absolute Gasteiger partial charge is 0.162 e. The molecule has 0 amide bonds. The summed E-state index contributed by atoms with van der Waals surface area (Å²) in [4.78, 5) is 8.02. The fraction of sp³-hybridized carbons (Fsp3) is 0.250. The zero-order chi connectivity index (χ0) is 17.1. The molecule has 0 saturated carbocycles. The summed E-state index contributed by atoms with van der Waals surface area (Å²) < 4.78 is 11.5. The molecule has 3 rings (SSSR count). The first-order valence-corrected chi connectivity index (χ1v) is 8.05. The molecule has 24 heavy (non-hydrogen) atoms. The molecule has 1 aromatic heterocycles. The van der Waals surface area contributed by atoms with Gasteiger partial charge in [0.1, 0.15) is 5.82 Å². The van der Waals surface area contributed by atoms with Crippen LogP contribution in [0, 0.1) is 6.92 Å². The first kappa shape index (κ1) is 16.1. The lowest BCUT2D eigenvalue weighted by Gasteiger charge is -2.15. The number of aromatic nitrogens is 2. The van der Waals surface area contributed by atoms with Gasteiger partial charge in [-0.1, -0.05) is 30.4 Å². The molecule has 1 heterocycles. The number of H-pyrrole nitrogens is 1. The van der Waals surface area contributed by atoms with Crippen molar-refractivity contribution in [3.05, 3.63) is 59.4 Å². The van der Waals surface area contributed by atoms with Gasteiger partial charge in [0.05, 0.1) is 18.1 Å². The van der Waals surface area contributed by atoms with E-state index in [9.17, 15) is 0 Å². The number of benzene rings is 2. The molecule has 0 bridgehead atoms. The number of para-hydroxylation sites is 1. The lowest BCUT2D eigenvalue weighted by atomic mass is 10.2. The Morgan fingerprint density at radius 1 is 1.17 bits per heavy atom. The molecule has 124 valence electrons. The average Bonchev–Trinajstić information content (AvgIpc) is 3.02. The van der Waals surface area contributed by atoms with E-state index < -0.39 is 0 Å². The number of aromatic amines is 1. The highest BCUT2D eigenvalue weighted by Gasteiger charge is 2.15. The lowest BCUT2D eigenvalue weighted by Crippen LogP contribution is -2.06. The standard InChI is InChI=1S/C20H22N2O2/c1-5-7-15-10-11-17(18(12-15)23-4)24-14(3)20-21-16-9-6-8-13(2)19(16)22-20/h5-12,14H,1-4H3,(H,21,22)/b7-5+. The molecule has 2 aromatic carbocycles. The van der Waals surface area contributed by atoms with Crippen molar-refractivity contribution in [3.8, 4) is 11.5 Å². The first-order chi connectivity index (χ1) is 11.6. The van der Waals surface area contributed by atoms with Crippen molar-refractivity contribution in [2.75, 3.05) is 7.11 Å². The Hall–Kier alpha value is -2.75. The van der Waals surface area contributed by atoms with Gasteiger partial charge in [0, 0.05) is 0 Å². The van der Waals surface area contributed by atoms with E-state index in [1.807, 2.05) is 56.3 Å². The van der Waals surface area contributed by atoms with Crippen molar-refractivity contribution < 1.29 is 9.47 Å². The molecule has 4 nitrogen and oxygen atoms in total. The van der Waals surface area contributed by atoms with Gasteiger partial charge in [-0.05, 0) is 50.1 Å². The maximum atomic E-state index is 6.08. The van der Waals surface area contributed by atoms with Gasteiger partial charge in [0.2, 0.25) is 0 Å². The predicted molar refractivity (Wildman–Crippen MR) is 97.6 cm³/mol. The fourth-order valence-electron chi connectivity index (χ4n) is 2.71. The van der Waals surface area contributed by atoms with Gasteiger partial charge >= 0.3 is 0 Å². The second-order valence-corrected chi connectivity index (χ2v) is 5.76. The Bertz CT molecular complexity index is 880. The largest absolute Gasteiger partial charge is 0.493 e. The maximum absolute atomic E-state index is 6.08. The monoisotopic (exact) mass is 322 g/mol. The normalized spacial score (nSPS) is 12.7. The summed E-state index contributed by atoms with van der Waals surface area (Å²) >= 11 is 0. The highest BCUT2D eigenvalue weighted by molar-refractivity contribution is 5.78. The van der Waals surface area contributed by atoms with E-state index in [-0.39, 0.29) is 6.10 Å². The molecule has 0 radical (unpaired) electrons. The summed E-state index contributed by atoms with van der Waals surface area (Å²) in [5.74, 6) is 2.22. The van der Waals surface area contributed by atoms with Crippen molar-refractivity contribution >= 4 is 17.1 Å². The van der Waals surface area contributed by atoms with Crippen molar-refractivity contribution in [1.29, 1.82) is 0 Å². The Morgan fingerprint density at radius 3 is 2.71 bits per heavy atom. The van der Waals surface area contributed by atoms with E-state index in [4.69, 9.17) is 9.47 Å². The molecular weight excluding hydrogens is 300 g/mol. The van der Waals surface area contributed by atoms with Crippen LogP contribution in [0.5, 0.6) is 11.5 Å². The first-order valence-electron chi connectivity index (χ1n) is 8.05. The number of hydrogen-bond acceptors (Lipinski definition) is 3. The Kier molecular flexibility index (Phi) is 4.56. The van der Waals surface area contributed by atoms with Crippen molar-refractivity contribution in [1.82, 2.24) is 9.97 Å². The van der Waals surface area contributed by atoms with E-state index in [2.05, 4.69) is 23.0 Å². The zero-order valence-electron chi connectivity index (χ0n) is 14.5. The Labute approximate surface area is 142 Å². The van der Waals surface area contributed by atoms with E-state index in [0.717, 1.165) is 28.0 Å². The van der Waals surface area contributed by atoms with Gasteiger partial charge in [0.15, 0.2) is 17.6 Å². The van der Waals surface area contributed by atoms with Crippen LogP contribution < -0.4 is 9.47 Å². The summed E-state index contributed by atoms with van der Waals surface area (Å²) in [7, 11) is 1.65. The number of nitrogens with zero attached hydrogens (tertiary/aromatic N) is 1. The highest BCUT2D eigenvalue weighted by Crippen LogP contribution is 2.32. The molecule has 0 aliphatic rings. The summed E-state index contributed by atoms with van der Waals surface area (Å²) in [6, 6.07) is 12.0. The molecule has 0 aliphatic heterocycles. The minimum absolute atomic E-state index is 0.210. The summed E-state index contributed by atoms with van der Waals surface area (Å²) in [6.45, 7) is 6.02. The van der Waals surface area contributed by atoms with Gasteiger partial charge in [-0.2, -0.15) is 0 Å². The number of fused-ring (bicyclic) bond motifs is 1. The van der Waals surface area contributed by atoms with Gasteiger partial charge in [-0.25, -0.2) is 4.98 Å². The summed E-state index contributed by atoms with van der Waals surface area (Å²) in [6.07, 6.45) is 3.81. The van der Waals surface area contributed by atoms with Crippen LogP contribution in [-0.2, 0) is 0 Å². The lowest BCUT2D eigenvalue weighted by molar-refractivity contribution is 0.208. The van der Waals surface area contributed by atoms with E-state index in [0.29, 0.717) is 11.5 Å². The fourth-order valence-corrected chi connectivity index (χ4v) is 2.71. The molecule has 0 fully saturated rings. The molecule has 4 heteroatoms. The molecule has 3 aromatic rings. The SMILES string of the molecule is C/C=C/c1ccc(OC(C)c2nc3c(C)cccc3[nH]2)c(OC)c1. The van der Waals surface area contributed by atoms with Crippen molar-refractivity contribution in [3.63, 3.8) is 0 Å². The summed E-state index contributed by atoms with van der Waals surface area (Å²) in [5.41, 5.74) is 4.23. The highest BCUT2D eigenvalue weighted by atomic mass is 16.5. The Morgan fingerprint density at radius 2 is 2.00 bits per heavy atom. The van der Waals surface area contributed by atoms with E-state index in [1.54, 1.807) is 7.11 Å². The van der Waals surface area contributed by atoms with Gasteiger partial charge in [0.25, 0.3) is 0 Å². The van der Waals surface area contributed by atoms with Crippen LogP contribution in [0.3, 0.4) is 0 Å². The minimum Gasteiger partial charge on any atom is -0.493 e. The number of nitrogens with one attached hydrogen (secondary N) is 1. The van der Waals surface area contributed by atoms with Crippen LogP contribution >= 0.6 is 0 Å². The number of aryl methyl sites for hydroxylation is 1. The van der Waals surface area contributed by atoms with Gasteiger partial charge < -0.3 is 14.5 Å². The quantitative estimate of drug-likeness (QED) is 0.715.